The average molecular weight is 319 g/mol. The molecule has 0 aliphatic carbocycles. The van der Waals surface area contributed by atoms with Crippen LogP contribution in [-0.4, -0.2) is 23.8 Å². The number of amides is 2. The molecule has 0 saturated heterocycles. The molecule has 2 amide bonds. The Labute approximate surface area is 129 Å². The molecule has 6 heteroatoms. The molecule has 4 nitrogen and oxygen atoms in total. The summed E-state index contributed by atoms with van der Waals surface area (Å²) < 4.78 is 0. The molecule has 1 aromatic rings. The Balaban J connectivity index is 2.73. The van der Waals surface area contributed by atoms with Crippen LogP contribution in [0, 0.1) is 5.41 Å². The predicted octanol–water partition coefficient (Wildman–Crippen LogP) is 3.91. The number of halogens is 2. The van der Waals surface area contributed by atoms with Gasteiger partial charge >= 0.3 is 6.03 Å². The lowest BCUT2D eigenvalue weighted by molar-refractivity contribution is 0.194. The third-order valence-electron chi connectivity index (χ3n) is 2.95. The molecule has 0 aliphatic rings. The largest absolute Gasteiger partial charge is 0.396 e. The highest BCUT2D eigenvalue weighted by atomic mass is 35.5. The SMILES string of the molecule is CC(C)(C)[C@H](CCO)NC(=O)Nc1cc(Cl)ccc1Cl. The van der Waals surface area contributed by atoms with Crippen molar-refractivity contribution in [3.05, 3.63) is 28.2 Å². The fraction of sp³-hybridized carbons (Fsp3) is 0.500. The van der Waals surface area contributed by atoms with E-state index < -0.39 is 0 Å². The van der Waals surface area contributed by atoms with Crippen LogP contribution in [0.2, 0.25) is 10.0 Å². The van der Waals surface area contributed by atoms with E-state index in [0.717, 1.165) is 0 Å². The molecule has 0 aliphatic heterocycles. The monoisotopic (exact) mass is 318 g/mol. The van der Waals surface area contributed by atoms with Crippen LogP contribution in [0.15, 0.2) is 18.2 Å². The minimum absolute atomic E-state index is 0.0140. The third kappa shape index (κ3) is 5.19. The second kappa shape index (κ2) is 7.16. The fourth-order valence-corrected chi connectivity index (χ4v) is 2.10. The maximum Gasteiger partial charge on any atom is 0.319 e. The third-order valence-corrected chi connectivity index (χ3v) is 3.51. The molecule has 112 valence electrons. The molecule has 1 atom stereocenters. The second-order valence-electron chi connectivity index (χ2n) is 5.65. The van der Waals surface area contributed by atoms with E-state index in [2.05, 4.69) is 10.6 Å². The molecule has 0 aromatic heterocycles. The second-order valence-corrected chi connectivity index (χ2v) is 6.50. The minimum Gasteiger partial charge on any atom is -0.396 e. The van der Waals surface area contributed by atoms with Gasteiger partial charge in [0.15, 0.2) is 0 Å². The van der Waals surface area contributed by atoms with Crippen molar-refractivity contribution >= 4 is 34.9 Å². The Morgan fingerprint density at radius 2 is 2.00 bits per heavy atom. The van der Waals surface area contributed by atoms with Gasteiger partial charge in [0.2, 0.25) is 0 Å². The van der Waals surface area contributed by atoms with Crippen molar-refractivity contribution in [3.8, 4) is 0 Å². The van der Waals surface area contributed by atoms with E-state index in [1.54, 1.807) is 18.2 Å². The summed E-state index contributed by atoms with van der Waals surface area (Å²) >= 11 is 11.9. The first kappa shape index (κ1) is 17.1. The molecule has 3 N–H and O–H groups in total. The molecular weight excluding hydrogens is 299 g/mol. The van der Waals surface area contributed by atoms with Crippen molar-refractivity contribution in [1.82, 2.24) is 5.32 Å². The summed E-state index contributed by atoms with van der Waals surface area (Å²) in [5.74, 6) is 0. The van der Waals surface area contributed by atoms with Gasteiger partial charge in [-0.1, -0.05) is 44.0 Å². The smallest absolute Gasteiger partial charge is 0.319 e. The van der Waals surface area contributed by atoms with Crippen LogP contribution in [0.3, 0.4) is 0 Å². The quantitative estimate of drug-likeness (QED) is 0.788. The number of rotatable bonds is 4. The van der Waals surface area contributed by atoms with E-state index in [9.17, 15) is 4.79 Å². The predicted molar refractivity (Wildman–Crippen MR) is 83.6 cm³/mol. The number of hydrogen-bond acceptors (Lipinski definition) is 2. The van der Waals surface area contributed by atoms with Crippen LogP contribution in [0.25, 0.3) is 0 Å². The molecule has 1 rings (SSSR count). The number of aliphatic hydroxyl groups excluding tert-OH is 1. The lowest BCUT2D eigenvalue weighted by Gasteiger charge is -2.31. The topological polar surface area (TPSA) is 61.4 Å². The van der Waals surface area contributed by atoms with Gasteiger partial charge < -0.3 is 15.7 Å². The van der Waals surface area contributed by atoms with E-state index in [0.29, 0.717) is 22.2 Å². The lowest BCUT2D eigenvalue weighted by Crippen LogP contribution is -2.46. The molecule has 0 unspecified atom stereocenters. The minimum atomic E-state index is -0.373. The van der Waals surface area contributed by atoms with Gasteiger partial charge in [-0.15, -0.1) is 0 Å². The summed E-state index contributed by atoms with van der Waals surface area (Å²) in [7, 11) is 0. The van der Waals surface area contributed by atoms with Gasteiger partial charge in [0.1, 0.15) is 0 Å². The normalized spacial score (nSPS) is 12.9. The van der Waals surface area contributed by atoms with Crippen molar-refractivity contribution in [1.29, 1.82) is 0 Å². The van der Waals surface area contributed by atoms with Crippen LogP contribution >= 0.6 is 23.2 Å². The Bertz CT molecular complexity index is 473. The average Bonchev–Trinajstić information content (AvgIpc) is 2.32. The molecule has 20 heavy (non-hydrogen) atoms. The van der Waals surface area contributed by atoms with E-state index in [1.165, 1.54) is 0 Å². The van der Waals surface area contributed by atoms with Crippen molar-refractivity contribution in [2.45, 2.75) is 33.2 Å². The first-order valence-electron chi connectivity index (χ1n) is 6.37. The number of urea groups is 1. The van der Waals surface area contributed by atoms with Crippen LogP contribution < -0.4 is 10.6 Å². The summed E-state index contributed by atoms with van der Waals surface area (Å²) in [5, 5.41) is 15.5. The maximum atomic E-state index is 12.0. The number of benzene rings is 1. The van der Waals surface area contributed by atoms with Crippen molar-refractivity contribution in [2.24, 2.45) is 5.41 Å². The summed E-state index contributed by atoms with van der Waals surface area (Å²) in [6.45, 7) is 6.01. The molecular formula is C14H20Cl2N2O2. The number of aliphatic hydroxyl groups is 1. The highest BCUT2D eigenvalue weighted by Gasteiger charge is 2.25. The van der Waals surface area contributed by atoms with E-state index in [4.69, 9.17) is 28.3 Å². The maximum absolute atomic E-state index is 12.0. The molecule has 0 bridgehead atoms. The molecule has 0 fully saturated rings. The van der Waals surface area contributed by atoms with E-state index >= 15 is 0 Å². The zero-order valence-corrected chi connectivity index (χ0v) is 13.3. The highest BCUT2D eigenvalue weighted by Crippen LogP contribution is 2.26. The van der Waals surface area contributed by atoms with Crippen LogP contribution in [-0.2, 0) is 0 Å². The Morgan fingerprint density at radius 3 is 2.55 bits per heavy atom. The zero-order chi connectivity index (χ0) is 15.3. The summed E-state index contributed by atoms with van der Waals surface area (Å²) in [4.78, 5) is 12.0. The van der Waals surface area contributed by atoms with Gasteiger partial charge in [-0.05, 0) is 30.0 Å². The van der Waals surface area contributed by atoms with Gasteiger partial charge in [0.25, 0.3) is 0 Å². The van der Waals surface area contributed by atoms with Crippen molar-refractivity contribution in [2.75, 3.05) is 11.9 Å². The van der Waals surface area contributed by atoms with Crippen LogP contribution in [0.1, 0.15) is 27.2 Å². The Kier molecular flexibility index (Phi) is 6.11. The van der Waals surface area contributed by atoms with Crippen molar-refractivity contribution in [3.63, 3.8) is 0 Å². The Hall–Kier alpha value is -0.970. The number of nitrogens with one attached hydrogen (secondary N) is 2. The zero-order valence-electron chi connectivity index (χ0n) is 11.8. The lowest BCUT2D eigenvalue weighted by atomic mass is 9.85. The number of anilines is 1. The molecule has 0 saturated carbocycles. The van der Waals surface area contributed by atoms with E-state index in [-0.39, 0.29) is 24.1 Å². The Morgan fingerprint density at radius 1 is 1.35 bits per heavy atom. The van der Waals surface area contributed by atoms with Gasteiger partial charge in [0, 0.05) is 17.7 Å². The van der Waals surface area contributed by atoms with Gasteiger partial charge in [0.05, 0.1) is 10.7 Å². The first-order valence-corrected chi connectivity index (χ1v) is 7.13. The molecule has 0 radical (unpaired) electrons. The van der Waals surface area contributed by atoms with Crippen molar-refractivity contribution < 1.29 is 9.90 Å². The van der Waals surface area contributed by atoms with Gasteiger partial charge in [-0.3, -0.25) is 0 Å². The first-order chi connectivity index (χ1) is 9.24. The standard InChI is InChI=1S/C14H20Cl2N2O2/c1-14(2,3)12(6-7-19)18-13(20)17-11-8-9(15)4-5-10(11)16/h4-5,8,12,19H,6-7H2,1-3H3,(H2,17,18,20)/t12-/m0/s1. The fourth-order valence-electron chi connectivity index (χ4n) is 1.76. The van der Waals surface area contributed by atoms with Gasteiger partial charge in [-0.25, -0.2) is 4.79 Å². The molecule has 0 heterocycles. The summed E-state index contributed by atoms with van der Waals surface area (Å²) in [6.07, 6.45) is 0.486. The summed E-state index contributed by atoms with van der Waals surface area (Å²) in [5.41, 5.74) is 0.298. The number of carbonyl (C=O) groups is 1. The van der Waals surface area contributed by atoms with Crippen LogP contribution in [0.4, 0.5) is 10.5 Å². The van der Waals surface area contributed by atoms with Crippen LogP contribution in [0.5, 0.6) is 0 Å². The number of hydrogen-bond donors (Lipinski definition) is 3. The molecule has 0 spiro atoms. The van der Waals surface area contributed by atoms with Gasteiger partial charge in [-0.2, -0.15) is 0 Å². The molecule has 1 aromatic carbocycles. The van der Waals surface area contributed by atoms with E-state index in [1.807, 2.05) is 20.8 Å². The number of carbonyl (C=O) groups excluding carboxylic acids is 1. The highest BCUT2D eigenvalue weighted by molar-refractivity contribution is 6.35. The summed E-state index contributed by atoms with van der Waals surface area (Å²) in [6, 6.07) is 4.33.